The second-order valence-corrected chi connectivity index (χ2v) is 2.66. The van der Waals surface area contributed by atoms with Gasteiger partial charge >= 0.3 is 6.21 Å². The summed E-state index contributed by atoms with van der Waals surface area (Å²) >= 11 is 0. The molecule has 66 valence electrons. The minimum atomic E-state index is -0.287. The Bertz CT molecular complexity index is 348. The molecule has 0 unspecified atom stereocenters. The number of rotatable bonds is 3. The molecule has 0 atom stereocenters. The third-order valence-electron chi connectivity index (χ3n) is 1.82. The second-order valence-electron chi connectivity index (χ2n) is 2.66. The summed E-state index contributed by atoms with van der Waals surface area (Å²) in [4.78, 5) is 13.8. The van der Waals surface area contributed by atoms with Crippen LogP contribution in [-0.2, 0) is 6.42 Å². The highest BCUT2D eigenvalue weighted by atomic mass is 16.1. The van der Waals surface area contributed by atoms with E-state index in [2.05, 4.69) is 4.79 Å². The van der Waals surface area contributed by atoms with Crippen molar-refractivity contribution in [2.45, 2.75) is 13.3 Å². The van der Waals surface area contributed by atoms with Crippen LogP contribution >= 0.6 is 0 Å². The average molecular weight is 174 g/mol. The summed E-state index contributed by atoms with van der Waals surface area (Å²) in [5.41, 5.74) is 9.86. The summed E-state index contributed by atoms with van der Waals surface area (Å²) in [5.74, 6) is -0.287. The SMILES string of the molecule is CCc1ccc(C(=O)C=[N+]=[N-])cc1. The zero-order valence-corrected chi connectivity index (χ0v) is 7.40. The van der Waals surface area contributed by atoms with Crippen molar-refractivity contribution in [2.75, 3.05) is 0 Å². The lowest BCUT2D eigenvalue weighted by atomic mass is 10.1. The molecular weight excluding hydrogens is 164 g/mol. The molecule has 0 saturated heterocycles. The molecule has 0 saturated carbocycles. The van der Waals surface area contributed by atoms with Crippen molar-refractivity contribution in [3.8, 4) is 0 Å². The summed E-state index contributed by atoms with van der Waals surface area (Å²) in [6.45, 7) is 2.05. The van der Waals surface area contributed by atoms with Gasteiger partial charge in [0.25, 0.3) is 5.78 Å². The van der Waals surface area contributed by atoms with Crippen LogP contribution in [0.1, 0.15) is 22.8 Å². The maximum absolute atomic E-state index is 11.1. The minimum absolute atomic E-state index is 0.287. The first-order valence-electron chi connectivity index (χ1n) is 4.08. The van der Waals surface area contributed by atoms with Gasteiger partial charge in [-0.15, -0.1) is 0 Å². The van der Waals surface area contributed by atoms with E-state index in [-0.39, 0.29) is 5.78 Å². The number of aryl methyl sites for hydroxylation is 1. The van der Waals surface area contributed by atoms with E-state index < -0.39 is 0 Å². The average Bonchev–Trinajstić information content (AvgIpc) is 2.18. The van der Waals surface area contributed by atoms with E-state index in [0.717, 1.165) is 12.6 Å². The molecule has 0 heterocycles. The van der Waals surface area contributed by atoms with Gasteiger partial charge in [-0.05, 0) is 12.0 Å². The predicted octanol–water partition coefficient (Wildman–Crippen LogP) is 1.73. The number of carbonyl (C=O) groups is 1. The van der Waals surface area contributed by atoms with Gasteiger partial charge < -0.3 is 5.53 Å². The van der Waals surface area contributed by atoms with E-state index in [1.807, 2.05) is 19.1 Å². The number of hydrogen-bond acceptors (Lipinski definition) is 1. The number of nitrogens with zero attached hydrogens (tertiary/aromatic N) is 2. The maximum Gasteiger partial charge on any atom is 0.328 e. The topological polar surface area (TPSA) is 53.5 Å². The lowest BCUT2D eigenvalue weighted by Gasteiger charge is -1.95. The Kier molecular flexibility index (Phi) is 3.12. The Labute approximate surface area is 76.6 Å². The fourth-order valence-corrected chi connectivity index (χ4v) is 1.03. The number of hydrogen-bond donors (Lipinski definition) is 0. The van der Waals surface area contributed by atoms with Crippen LogP contribution in [0.15, 0.2) is 24.3 Å². The normalized spacial score (nSPS) is 9.00. The molecule has 13 heavy (non-hydrogen) atoms. The second kappa shape index (κ2) is 4.33. The summed E-state index contributed by atoms with van der Waals surface area (Å²) in [6.07, 6.45) is 1.84. The molecule has 0 bridgehead atoms. The third-order valence-corrected chi connectivity index (χ3v) is 1.82. The van der Waals surface area contributed by atoms with Crippen LogP contribution in [0, 0.1) is 0 Å². The Morgan fingerprint density at radius 1 is 1.46 bits per heavy atom. The van der Waals surface area contributed by atoms with E-state index in [9.17, 15) is 4.79 Å². The van der Waals surface area contributed by atoms with Crippen molar-refractivity contribution >= 4 is 12.0 Å². The smallest absolute Gasteiger partial charge is 0.328 e. The Morgan fingerprint density at radius 3 is 2.54 bits per heavy atom. The van der Waals surface area contributed by atoms with Crippen molar-refractivity contribution in [3.63, 3.8) is 0 Å². The van der Waals surface area contributed by atoms with Gasteiger partial charge in [-0.2, -0.15) is 4.79 Å². The monoisotopic (exact) mass is 174 g/mol. The van der Waals surface area contributed by atoms with Crippen LogP contribution in [0.25, 0.3) is 5.53 Å². The van der Waals surface area contributed by atoms with Crippen LogP contribution in [0.5, 0.6) is 0 Å². The van der Waals surface area contributed by atoms with Gasteiger partial charge in [-0.25, -0.2) is 0 Å². The molecule has 0 aromatic heterocycles. The number of Topliss-reactive ketones (excluding diaryl/α,β-unsaturated/α-hetero) is 1. The zero-order valence-electron chi connectivity index (χ0n) is 7.40. The molecule has 0 aliphatic carbocycles. The first kappa shape index (κ1) is 9.36. The van der Waals surface area contributed by atoms with Gasteiger partial charge in [-0.1, -0.05) is 31.2 Å². The lowest BCUT2D eigenvalue weighted by molar-refractivity contribution is 0.00235. The van der Waals surface area contributed by atoms with Gasteiger partial charge in [0, 0.05) is 5.56 Å². The molecule has 1 rings (SSSR count). The first-order chi connectivity index (χ1) is 6.27. The summed E-state index contributed by atoms with van der Waals surface area (Å²) in [7, 11) is 0. The zero-order chi connectivity index (χ0) is 9.68. The number of ketones is 1. The van der Waals surface area contributed by atoms with Crippen LogP contribution in [0.4, 0.5) is 0 Å². The molecule has 0 radical (unpaired) electrons. The quantitative estimate of drug-likeness (QED) is 0.298. The highest BCUT2D eigenvalue weighted by Crippen LogP contribution is 2.04. The van der Waals surface area contributed by atoms with E-state index >= 15 is 0 Å². The van der Waals surface area contributed by atoms with E-state index in [1.165, 1.54) is 5.56 Å². The minimum Gasteiger partial charge on any atom is -0.361 e. The molecule has 3 nitrogen and oxygen atoms in total. The molecule has 0 spiro atoms. The standard InChI is InChI=1S/C10H10N2O/c1-2-8-3-5-9(6-4-8)10(13)7-12-11/h3-7H,2H2,1H3. The highest BCUT2D eigenvalue weighted by Gasteiger charge is 2.05. The molecule has 0 aliphatic heterocycles. The van der Waals surface area contributed by atoms with Gasteiger partial charge in [0.1, 0.15) is 0 Å². The largest absolute Gasteiger partial charge is 0.361 e. The number of benzene rings is 1. The molecule has 1 aromatic carbocycles. The summed E-state index contributed by atoms with van der Waals surface area (Å²) < 4.78 is 0. The Hall–Kier alpha value is -1.73. The molecule has 0 fully saturated rings. The van der Waals surface area contributed by atoms with Crippen LogP contribution in [0.3, 0.4) is 0 Å². The third kappa shape index (κ3) is 2.36. The Morgan fingerprint density at radius 2 is 2.08 bits per heavy atom. The van der Waals surface area contributed by atoms with E-state index in [0.29, 0.717) is 5.56 Å². The first-order valence-corrected chi connectivity index (χ1v) is 4.08. The van der Waals surface area contributed by atoms with Crippen molar-refractivity contribution < 1.29 is 9.58 Å². The van der Waals surface area contributed by atoms with Gasteiger partial charge in [0.15, 0.2) is 0 Å². The molecule has 0 amide bonds. The van der Waals surface area contributed by atoms with Crippen LogP contribution in [0.2, 0.25) is 0 Å². The van der Waals surface area contributed by atoms with Crippen molar-refractivity contribution in [1.82, 2.24) is 0 Å². The predicted molar refractivity (Wildman–Crippen MR) is 49.8 cm³/mol. The van der Waals surface area contributed by atoms with Gasteiger partial charge in [0.05, 0.1) is 0 Å². The fraction of sp³-hybridized carbons (Fsp3) is 0.200. The molecule has 3 heteroatoms. The Balaban J connectivity index is 2.92. The van der Waals surface area contributed by atoms with Crippen LogP contribution in [-0.4, -0.2) is 16.8 Å². The maximum atomic E-state index is 11.1. The fourth-order valence-electron chi connectivity index (χ4n) is 1.03. The molecular formula is C10H10N2O. The lowest BCUT2D eigenvalue weighted by Crippen LogP contribution is -2.00. The molecule has 0 N–H and O–H groups in total. The summed E-state index contributed by atoms with van der Waals surface area (Å²) in [5, 5.41) is 0. The van der Waals surface area contributed by atoms with Crippen molar-refractivity contribution in [1.29, 1.82) is 0 Å². The van der Waals surface area contributed by atoms with Gasteiger partial charge in [-0.3, -0.25) is 4.79 Å². The van der Waals surface area contributed by atoms with Gasteiger partial charge in [0.2, 0.25) is 0 Å². The van der Waals surface area contributed by atoms with Crippen LogP contribution < -0.4 is 0 Å². The number of carbonyl (C=O) groups excluding carboxylic acids is 1. The summed E-state index contributed by atoms with van der Waals surface area (Å²) in [6, 6.07) is 7.22. The van der Waals surface area contributed by atoms with E-state index in [1.54, 1.807) is 12.1 Å². The molecule has 0 aliphatic rings. The molecule has 1 aromatic rings. The van der Waals surface area contributed by atoms with E-state index in [4.69, 9.17) is 5.53 Å². The van der Waals surface area contributed by atoms with Crippen molar-refractivity contribution in [3.05, 3.63) is 40.9 Å². The van der Waals surface area contributed by atoms with Crippen molar-refractivity contribution in [2.24, 2.45) is 0 Å². The highest BCUT2D eigenvalue weighted by molar-refractivity contribution is 6.33.